The Labute approximate surface area is 118 Å². The second kappa shape index (κ2) is 18.1. The Bertz CT molecular complexity index is 74.9. The van der Waals surface area contributed by atoms with Crippen LogP contribution in [0.4, 0.5) is 0 Å². The Hall–Kier alpha value is 0.686. The molecule has 2 aliphatic rings. The summed E-state index contributed by atoms with van der Waals surface area (Å²) in [4.78, 5) is 0. The van der Waals surface area contributed by atoms with E-state index in [1.807, 2.05) is 0 Å². The van der Waals surface area contributed by atoms with Crippen LogP contribution in [0.1, 0.15) is 44.9 Å². The fourth-order valence-corrected chi connectivity index (χ4v) is 1.20. The van der Waals surface area contributed by atoms with Gasteiger partial charge < -0.3 is 23.3 Å². The molecule has 0 aliphatic carbocycles. The molecule has 0 aromatic heterocycles. The van der Waals surface area contributed by atoms with Crippen LogP contribution >= 0.6 is 0 Å². The third-order valence-electron chi connectivity index (χ3n) is 2.15. The molecule has 92 valence electrons. The van der Waals surface area contributed by atoms with Gasteiger partial charge in [-0.1, -0.05) is 0 Å². The number of hydrogen-bond acceptors (Lipinski definition) is 2. The maximum Gasteiger partial charge on any atom is 2.00 e. The van der Waals surface area contributed by atoms with Gasteiger partial charge in [0.05, 0.1) is 0 Å². The van der Waals surface area contributed by atoms with E-state index in [1.165, 1.54) is 32.1 Å². The maximum absolute atomic E-state index is 4.94. The van der Waals surface area contributed by atoms with Crippen molar-refractivity contribution in [1.29, 1.82) is 0 Å². The molecule has 16 heavy (non-hydrogen) atoms. The topological polar surface area (TPSA) is 18.5 Å². The van der Waals surface area contributed by atoms with E-state index in [2.05, 4.69) is 13.8 Å². The second-order valence-electron chi connectivity index (χ2n) is 3.70. The molecule has 2 rings (SSSR count). The molecule has 0 unspecified atom stereocenters. The van der Waals surface area contributed by atoms with Gasteiger partial charge in [0.1, 0.15) is 0 Å². The molecular formula is C13H26MgO2. The van der Waals surface area contributed by atoms with Gasteiger partial charge in [-0.15, -0.1) is 6.42 Å². The third-order valence-corrected chi connectivity index (χ3v) is 2.15. The van der Waals surface area contributed by atoms with Crippen molar-refractivity contribution >= 4 is 23.1 Å². The molecule has 0 saturated carbocycles. The van der Waals surface area contributed by atoms with E-state index < -0.39 is 0 Å². The second-order valence-corrected chi connectivity index (χ2v) is 3.70. The van der Waals surface area contributed by atoms with Gasteiger partial charge in [0.2, 0.25) is 0 Å². The Morgan fingerprint density at radius 1 is 0.688 bits per heavy atom. The van der Waals surface area contributed by atoms with Crippen molar-refractivity contribution in [3.05, 3.63) is 13.8 Å². The normalized spacial score (nSPS) is 17.6. The fraction of sp³-hybridized carbons (Fsp3) is 0.846. The predicted octanol–water partition coefficient (Wildman–Crippen LogP) is 3.04. The molecule has 0 amide bonds. The van der Waals surface area contributed by atoms with Gasteiger partial charge in [-0.2, -0.15) is 12.8 Å². The first-order valence-corrected chi connectivity index (χ1v) is 6.15. The summed E-state index contributed by atoms with van der Waals surface area (Å²) < 4.78 is 9.89. The predicted molar refractivity (Wildman–Crippen MR) is 70.4 cm³/mol. The van der Waals surface area contributed by atoms with Crippen LogP contribution in [-0.4, -0.2) is 49.5 Å². The van der Waals surface area contributed by atoms with Crippen molar-refractivity contribution in [3.8, 4) is 0 Å². The smallest absolute Gasteiger partial charge is 0.381 e. The van der Waals surface area contributed by atoms with Crippen LogP contribution < -0.4 is 0 Å². The average molecular weight is 239 g/mol. The average Bonchev–Trinajstić information content (AvgIpc) is 2.99. The largest absolute Gasteiger partial charge is 2.00 e. The van der Waals surface area contributed by atoms with Crippen LogP contribution in [0.15, 0.2) is 0 Å². The molecule has 0 spiro atoms. The number of ether oxygens (including phenoxy) is 2. The van der Waals surface area contributed by atoms with Gasteiger partial charge in [0.25, 0.3) is 0 Å². The molecule has 0 aromatic rings. The first kappa shape index (κ1) is 19.0. The molecule has 2 aliphatic heterocycles. The van der Waals surface area contributed by atoms with Crippen molar-refractivity contribution in [2.45, 2.75) is 44.9 Å². The minimum absolute atomic E-state index is 0. The van der Waals surface area contributed by atoms with E-state index in [9.17, 15) is 0 Å². The zero-order valence-corrected chi connectivity index (χ0v) is 12.1. The van der Waals surface area contributed by atoms with Crippen molar-refractivity contribution in [3.63, 3.8) is 0 Å². The van der Waals surface area contributed by atoms with Gasteiger partial charge in [-0.05, 0) is 25.7 Å². The van der Waals surface area contributed by atoms with Crippen LogP contribution in [0.5, 0.6) is 0 Å². The van der Waals surface area contributed by atoms with Crippen molar-refractivity contribution in [2.75, 3.05) is 26.4 Å². The quantitative estimate of drug-likeness (QED) is 0.544. The first-order valence-electron chi connectivity index (χ1n) is 6.15. The van der Waals surface area contributed by atoms with E-state index >= 15 is 0 Å². The van der Waals surface area contributed by atoms with Gasteiger partial charge in [-0.3, -0.25) is 0 Å². The Morgan fingerprint density at radius 2 is 1.00 bits per heavy atom. The summed E-state index contributed by atoms with van der Waals surface area (Å²) in [5.41, 5.74) is 0. The number of unbranched alkanes of at least 4 members (excludes halogenated alkanes) is 2. The molecule has 0 aromatic carbocycles. The fourth-order valence-electron chi connectivity index (χ4n) is 1.20. The molecule has 2 heterocycles. The van der Waals surface area contributed by atoms with Crippen LogP contribution in [0, 0.1) is 13.8 Å². The SMILES string of the molecule is C1CCOC1.C1CCOC1.[CH2-]CCC[CH2-].[Mg+2]. The van der Waals surface area contributed by atoms with Crippen LogP contribution in [0.2, 0.25) is 0 Å². The summed E-state index contributed by atoms with van der Waals surface area (Å²) in [5, 5.41) is 0. The Balaban J connectivity index is 0. The molecule has 3 heteroatoms. The third kappa shape index (κ3) is 17.1. The minimum atomic E-state index is 0. The maximum atomic E-state index is 4.94. The molecule has 0 bridgehead atoms. The van der Waals surface area contributed by atoms with Gasteiger partial charge in [0.15, 0.2) is 0 Å². The molecule has 0 atom stereocenters. The van der Waals surface area contributed by atoms with Gasteiger partial charge >= 0.3 is 23.1 Å². The van der Waals surface area contributed by atoms with Gasteiger partial charge in [0, 0.05) is 26.4 Å². The number of hydrogen-bond donors (Lipinski definition) is 0. The van der Waals surface area contributed by atoms with E-state index in [-0.39, 0.29) is 23.1 Å². The van der Waals surface area contributed by atoms with Crippen LogP contribution in [-0.2, 0) is 9.47 Å². The Morgan fingerprint density at radius 3 is 1.06 bits per heavy atom. The molecule has 0 N–H and O–H groups in total. The molecule has 2 saturated heterocycles. The van der Waals surface area contributed by atoms with E-state index in [0.29, 0.717) is 0 Å². The monoisotopic (exact) mass is 238 g/mol. The summed E-state index contributed by atoms with van der Waals surface area (Å²) >= 11 is 0. The van der Waals surface area contributed by atoms with E-state index in [0.717, 1.165) is 39.3 Å². The van der Waals surface area contributed by atoms with Gasteiger partial charge in [-0.25, -0.2) is 0 Å². The zero-order valence-electron chi connectivity index (χ0n) is 10.7. The van der Waals surface area contributed by atoms with E-state index in [1.54, 1.807) is 0 Å². The Kier molecular flexibility index (Phi) is 21.5. The van der Waals surface area contributed by atoms with Crippen LogP contribution in [0.25, 0.3) is 0 Å². The molecule has 2 fully saturated rings. The molecular weight excluding hydrogens is 212 g/mol. The van der Waals surface area contributed by atoms with Crippen molar-refractivity contribution in [1.82, 2.24) is 0 Å². The summed E-state index contributed by atoms with van der Waals surface area (Å²) in [6, 6.07) is 0. The summed E-state index contributed by atoms with van der Waals surface area (Å²) in [6.45, 7) is 11.3. The standard InChI is InChI=1S/C5H10.2C4H8O.Mg/c1-3-5-4-2;2*1-2-4-5-3-1;/h1-5H2;2*1-4H2;/q-2;;;+2. The molecule has 2 nitrogen and oxygen atoms in total. The molecule has 0 radical (unpaired) electrons. The first-order chi connectivity index (χ1) is 7.41. The summed E-state index contributed by atoms with van der Waals surface area (Å²) in [7, 11) is 0. The van der Waals surface area contributed by atoms with E-state index in [4.69, 9.17) is 9.47 Å². The van der Waals surface area contributed by atoms with Crippen molar-refractivity contribution in [2.24, 2.45) is 0 Å². The minimum Gasteiger partial charge on any atom is -0.381 e. The zero-order chi connectivity index (χ0) is 11.2. The van der Waals surface area contributed by atoms with Crippen molar-refractivity contribution < 1.29 is 9.47 Å². The number of rotatable bonds is 2. The summed E-state index contributed by atoms with van der Waals surface area (Å²) in [5.74, 6) is 0. The summed E-state index contributed by atoms with van der Waals surface area (Å²) in [6.07, 6.45) is 8.34. The van der Waals surface area contributed by atoms with Crippen LogP contribution in [0.3, 0.4) is 0 Å².